The quantitative estimate of drug-likeness (QED) is 0.908. The van der Waals surface area contributed by atoms with Crippen molar-refractivity contribution in [1.29, 1.82) is 0 Å². The predicted molar refractivity (Wildman–Crippen MR) is 62.3 cm³/mol. The van der Waals surface area contributed by atoms with Gasteiger partial charge < -0.3 is 14.3 Å². The highest BCUT2D eigenvalue weighted by atomic mass is 35.5. The van der Waals surface area contributed by atoms with E-state index in [4.69, 9.17) is 25.9 Å². The molecule has 5 heteroatoms. The van der Waals surface area contributed by atoms with E-state index in [0.717, 1.165) is 5.56 Å². The summed E-state index contributed by atoms with van der Waals surface area (Å²) < 4.78 is 10.2. The minimum atomic E-state index is -1.05. The maximum atomic E-state index is 10.4. The summed E-state index contributed by atoms with van der Waals surface area (Å²) in [6, 6.07) is 8.62. The molecule has 1 N–H and O–H groups in total. The summed E-state index contributed by atoms with van der Waals surface area (Å²) >= 11 is 5.97. The van der Waals surface area contributed by atoms with Crippen molar-refractivity contribution in [2.24, 2.45) is 0 Å². The van der Waals surface area contributed by atoms with E-state index in [0.29, 0.717) is 16.5 Å². The number of halogens is 1. The van der Waals surface area contributed by atoms with Gasteiger partial charge in [0.1, 0.15) is 11.5 Å². The van der Waals surface area contributed by atoms with Crippen molar-refractivity contribution < 1.29 is 19.1 Å². The van der Waals surface area contributed by atoms with Gasteiger partial charge in [-0.3, -0.25) is 0 Å². The molecule has 0 spiro atoms. The zero-order valence-electron chi connectivity index (χ0n) is 8.72. The molecule has 0 saturated carbocycles. The van der Waals surface area contributed by atoms with Gasteiger partial charge in [0.15, 0.2) is 6.61 Å². The maximum Gasteiger partial charge on any atom is 0.341 e. The van der Waals surface area contributed by atoms with Crippen LogP contribution < -0.4 is 4.74 Å². The minimum absolute atomic E-state index is 0.337. The molecule has 0 radical (unpaired) electrons. The lowest BCUT2D eigenvalue weighted by molar-refractivity contribution is -0.139. The van der Waals surface area contributed by atoms with Crippen molar-refractivity contribution in [3.05, 3.63) is 41.6 Å². The van der Waals surface area contributed by atoms with Crippen LogP contribution in [0.25, 0.3) is 11.3 Å². The fourth-order valence-electron chi connectivity index (χ4n) is 1.35. The largest absolute Gasteiger partial charge is 0.480 e. The smallest absolute Gasteiger partial charge is 0.341 e. The number of hydrogen-bond donors (Lipinski definition) is 1. The summed E-state index contributed by atoms with van der Waals surface area (Å²) in [6.07, 6.45) is 1.57. The highest BCUT2D eigenvalue weighted by Gasteiger charge is 2.07. The summed E-state index contributed by atoms with van der Waals surface area (Å²) in [5.74, 6) is -0.0164. The summed E-state index contributed by atoms with van der Waals surface area (Å²) in [5, 5.41) is 8.83. The van der Waals surface area contributed by atoms with E-state index >= 15 is 0 Å². The van der Waals surface area contributed by atoms with Gasteiger partial charge >= 0.3 is 5.97 Å². The molecule has 0 saturated heterocycles. The van der Waals surface area contributed by atoms with Crippen molar-refractivity contribution in [1.82, 2.24) is 0 Å². The van der Waals surface area contributed by atoms with E-state index in [1.165, 1.54) is 0 Å². The molecule has 0 aliphatic rings. The van der Waals surface area contributed by atoms with Crippen LogP contribution in [0, 0.1) is 0 Å². The van der Waals surface area contributed by atoms with Crippen molar-refractivity contribution in [3.63, 3.8) is 0 Å². The van der Waals surface area contributed by atoms with Crippen LogP contribution in [0.4, 0.5) is 0 Å². The molecule has 88 valence electrons. The zero-order chi connectivity index (χ0) is 12.3. The molecule has 0 aliphatic carbocycles. The molecule has 4 nitrogen and oxygen atoms in total. The van der Waals surface area contributed by atoms with Gasteiger partial charge in [0.25, 0.3) is 0 Å². The molecule has 2 aromatic rings. The van der Waals surface area contributed by atoms with E-state index < -0.39 is 12.6 Å². The van der Waals surface area contributed by atoms with Gasteiger partial charge in [0.05, 0.1) is 11.3 Å². The third-order valence-corrected chi connectivity index (χ3v) is 2.38. The van der Waals surface area contributed by atoms with Crippen molar-refractivity contribution >= 4 is 17.6 Å². The van der Waals surface area contributed by atoms with Gasteiger partial charge in [-0.15, -0.1) is 0 Å². The third-order valence-electron chi connectivity index (χ3n) is 2.09. The fraction of sp³-hybridized carbons (Fsp3) is 0.0833. The molecule has 0 aliphatic heterocycles. The van der Waals surface area contributed by atoms with Gasteiger partial charge in [0, 0.05) is 5.56 Å². The van der Waals surface area contributed by atoms with Crippen LogP contribution in [0.5, 0.6) is 5.75 Å². The average Bonchev–Trinajstić information content (AvgIpc) is 2.80. The van der Waals surface area contributed by atoms with Crippen LogP contribution in [0.2, 0.25) is 5.02 Å². The molecule has 1 heterocycles. The lowest BCUT2D eigenvalue weighted by Gasteiger charge is -2.06. The van der Waals surface area contributed by atoms with Gasteiger partial charge in [-0.2, -0.15) is 0 Å². The van der Waals surface area contributed by atoms with Crippen molar-refractivity contribution in [2.45, 2.75) is 0 Å². The standard InChI is InChI=1S/C12H9ClO4/c13-9-6-8(10-2-1-5-16-10)3-4-11(9)17-7-12(14)15/h1-6H,7H2,(H,14,15). The second-order valence-electron chi connectivity index (χ2n) is 3.30. The normalized spacial score (nSPS) is 10.2. The number of benzene rings is 1. The Kier molecular flexibility index (Phi) is 3.35. The highest BCUT2D eigenvalue weighted by Crippen LogP contribution is 2.30. The number of carboxylic acids is 1. The van der Waals surface area contributed by atoms with Gasteiger partial charge in [-0.05, 0) is 30.3 Å². The number of hydrogen-bond acceptors (Lipinski definition) is 3. The SMILES string of the molecule is O=C(O)COc1ccc(-c2ccco2)cc1Cl. The second-order valence-corrected chi connectivity index (χ2v) is 3.71. The highest BCUT2D eigenvalue weighted by molar-refractivity contribution is 6.32. The Hall–Kier alpha value is -1.94. The Bertz CT molecular complexity index is 519. The summed E-state index contributed by atoms with van der Waals surface area (Å²) in [4.78, 5) is 10.4. The molecule has 0 unspecified atom stereocenters. The topological polar surface area (TPSA) is 59.7 Å². The van der Waals surface area contributed by atoms with Crippen LogP contribution in [-0.2, 0) is 4.79 Å². The van der Waals surface area contributed by atoms with E-state index in [-0.39, 0.29) is 0 Å². The number of rotatable bonds is 4. The zero-order valence-corrected chi connectivity index (χ0v) is 9.48. The average molecular weight is 253 g/mol. The summed E-state index contributed by atoms with van der Waals surface area (Å²) in [6.45, 7) is -0.417. The number of aliphatic carboxylic acids is 1. The second kappa shape index (κ2) is 4.93. The van der Waals surface area contributed by atoms with Crippen LogP contribution in [0.1, 0.15) is 0 Å². The lowest BCUT2D eigenvalue weighted by atomic mass is 10.2. The predicted octanol–water partition coefficient (Wildman–Crippen LogP) is 3.06. The van der Waals surface area contributed by atoms with E-state index in [1.807, 2.05) is 6.07 Å². The van der Waals surface area contributed by atoms with E-state index in [1.54, 1.807) is 30.5 Å². The maximum absolute atomic E-state index is 10.4. The molecule has 2 rings (SSSR count). The number of ether oxygens (including phenoxy) is 1. The van der Waals surface area contributed by atoms with Gasteiger partial charge in [-0.25, -0.2) is 4.79 Å². The molecule has 1 aromatic carbocycles. The Morgan fingerprint density at radius 1 is 1.41 bits per heavy atom. The molecular formula is C12H9ClO4. The first-order valence-corrected chi connectivity index (χ1v) is 5.22. The Morgan fingerprint density at radius 3 is 2.82 bits per heavy atom. The molecule has 0 bridgehead atoms. The van der Waals surface area contributed by atoms with Crippen molar-refractivity contribution in [3.8, 4) is 17.1 Å². The van der Waals surface area contributed by atoms with E-state index in [2.05, 4.69) is 0 Å². The van der Waals surface area contributed by atoms with Crippen molar-refractivity contribution in [2.75, 3.05) is 6.61 Å². The first-order chi connectivity index (χ1) is 8.16. The molecule has 0 fully saturated rings. The third kappa shape index (κ3) is 2.79. The monoisotopic (exact) mass is 252 g/mol. The molecule has 0 amide bonds. The van der Waals surface area contributed by atoms with Crippen LogP contribution in [-0.4, -0.2) is 17.7 Å². The first kappa shape index (κ1) is 11.5. The minimum Gasteiger partial charge on any atom is -0.480 e. The molecule has 17 heavy (non-hydrogen) atoms. The Balaban J connectivity index is 2.20. The summed E-state index contributed by atoms with van der Waals surface area (Å²) in [5.41, 5.74) is 0.808. The lowest BCUT2D eigenvalue weighted by Crippen LogP contribution is -2.09. The number of carbonyl (C=O) groups is 1. The molecular weight excluding hydrogens is 244 g/mol. The van der Waals surface area contributed by atoms with E-state index in [9.17, 15) is 4.79 Å². The molecule has 0 atom stereocenters. The van der Waals surface area contributed by atoms with Gasteiger partial charge in [0.2, 0.25) is 0 Å². The van der Waals surface area contributed by atoms with Crippen LogP contribution >= 0.6 is 11.6 Å². The summed E-state index contributed by atoms with van der Waals surface area (Å²) in [7, 11) is 0. The Morgan fingerprint density at radius 2 is 2.24 bits per heavy atom. The van der Waals surface area contributed by atoms with Crippen LogP contribution in [0.3, 0.4) is 0 Å². The van der Waals surface area contributed by atoms with Crippen LogP contribution in [0.15, 0.2) is 41.0 Å². The molecule has 1 aromatic heterocycles. The van der Waals surface area contributed by atoms with Gasteiger partial charge in [-0.1, -0.05) is 11.6 Å². The Labute approximate surface area is 102 Å². The first-order valence-electron chi connectivity index (χ1n) is 4.85. The number of furan rings is 1. The number of carboxylic acid groups (broad SMARTS) is 1. The fourth-order valence-corrected chi connectivity index (χ4v) is 1.59.